The largest absolute Gasteiger partial charge is 0.396 e. The summed E-state index contributed by atoms with van der Waals surface area (Å²) in [6.07, 6.45) is 1.59. The standard InChI is InChI=1S/C18H30N2O2/c1-17(2,10-11-21)13-19-16(22)20-14-18(3,4)12-15-8-6-5-7-9-15/h5-9,21H,10-14H2,1-4H3,(H2,19,20,22). The second-order valence-corrected chi connectivity index (χ2v) is 7.50. The number of carbonyl (C=O) groups excluding carboxylic acids is 1. The monoisotopic (exact) mass is 306 g/mol. The highest BCUT2D eigenvalue weighted by molar-refractivity contribution is 5.73. The number of hydrogen-bond donors (Lipinski definition) is 3. The van der Waals surface area contributed by atoms with Crippen molar-refractivity contribution in [1.82, 2.24) is 10.6 Å². The van der Waals surface area contributed by atoms with E-state index in [1.807, 2.05) is 32.0 Å². The van der Waals surface area contributed by atoms with Crippen LogP contribution >= 0.6 is 0 Å². The van der Waals surface area contributed by atoms with E-state index in [-0.39, 0.29) is 23.5 Å². The molecule has 0 radical (unpaired) electrons. The van der Waals surface area contributed by atoms with Crippen molar-refractivity contribution in [2.24, 2.45) is 10.8 Å². The SMILES string of the molecule is CC(C)(CCO)CNC(=O)NCC(C)(C)Cc1ccccc1. The lowest BCUT2D eigenvalue weighted by Gasteiger charge is -2.27. The van der Waals surface area contributed by atoms with E-state index in [4.69, 9.17) is 5.11 Å². The number of carbonyl (C=O) groups is 1. The molecule has 0 saturated heterocycles. The van der Waals surface area contributed by atoms with E-state index in [2.05, 4.69) is 36.6 Å². The van der Waals surface area contributed by atoms with Gasteiger partial charge in [0.2, 0.25) is 0 Å². The van der Waals surface area contributed by atoms with Crippen LogP contribution in [0.2, 0.25) is 0 Å². The summed E-state index contributed by atoms with van der Waals surface area (Å²) in [5.74, 6) is 0. The zero-order chi connectivity index (χ0) is 16.6. The Labute approximate surface area is 134 Å². The Kier molecular flexibility index (Phi) is 6.88. The molecule has 0 saturated carbocycles. The summed E-state index contributed by atoms with van der Waals surface area (Å²) in [5, 5.41) is 14.8. The van der Waals surface area contributed by atoms with E-state index in [1.165, 1.54) is 5.56 Å². The number of urea groups is 1. The highest BCUT2D eigenvalue weighted by Gasteiger charge is 2.21. The maximum absolute atomic E-state index is 11.9. The summed E-state index contributed by atoms with van der Waals surface area (Å²) < 4.78 is 0. The van der Waals surface area contributed by atoms with Crippen LogP contribution in [0.1, 0.15) is 39.7 Å². The van der Waals surface area contributed by atoms with Crippen molar-refractivity contribution in [3.05, 3.63) is 35.9 Å². The van der Waals surface area contributed by atoms with Gasteiger partial charge in [0.1, 0.15) is 0 Å². The molecule has 0 aliphatic rings. The molecule has 0 spiro atoms. The zero-order valence-electron chi connectivity index (χ0n) is 14.3. The molecule has 0 aliphatic carbocycles. The molecule has 4 heteroatoms. The van der Waals surface area contributed by atoms with Crippen LogP contribution in [0, 0.1) is 10.8 Å². The van der Waals surface area contributed by atoms with Gasteiger partial charge in [-0.25, -0.2) is 4.79 Å². The molecule has 2 amide bonds. The van der Waals surface area contributed by atoms with E-state index in [0.717, 1.165) is 6.42 Å². The van der Waals surface area contributed by atoms with E-state index in [0.29, 0.717) is 19.5 Å². The fourth-order valence-electron chi connectivity index (χ4n) is 2.30. The fourth-order valence-corrected chi connectivity index (χ4v) is 2.30. The summed E-state index contributed by atoms with van der Waals surface area (Å²) in [4.78, 5) is 11.9. The van der Waals surface area contributed by atoms with Gasteiger partial charge in [0, 0.05) is 19.7 Å². The molecular weight excluding hydrogens is 276 g/mol. The highest BCUT2D eigenvalue weighted by Crippen LogP contribution is 2.21. The van der Waals surface area contributed by atoms with Crippen LogP contribution in [0.25, 0.3) is 0 Å². The Morgan fingerprint density at radius 3 is 2.09 bits per heavy atom. The van der Waals surface area contributed by atoms with E-state index >= 15 is 0 Å². The van der Waals surface area contributed by atoms with Crippen LogP contribution < -0.4 is 10.6 Å². The van der Waals surface area contributed by atoms with Crippen molar-refractivity contribution < 1.29 is 9.90 Å². The van der Waals surface area contributed by atoms with Crippen molar-refractivity contribution in [1.29, 1.82) is 0 Å². The number of aliphatic hydroxyl groups is 1. The summed E-state index contributed by atoms with van der Waals surface area (Å²) >= 11 is 0. The number of benzene rings is 1. The van der Waals surface area contributed by atoms with Crippen LogP contribution in [0.4, 0.5) is 4.79 Å². The Morgan fingerprint density at radius 1 is 1.00 bits per heavy atom. The Balaban J connectivity index is 2.36. The third kappa shape index (κ3) is 7.46. The lowest BCUT2D eigenvalue weighted by Crippen LogP contribution is -2.44. The van der Waals surface area contributed by atoms with Crippen LogP contribution in [-0.4, -0.2) is 30.8 Å². The Bertz CT molecular complexity index is 455. The molecule has 124 valence electrons. The predicted octanol–water partition coefficient (Wildman–Crippen LogP) is 2.96. The number of amides is 2. The van der Waals surface area contributed by atoms with Gasteiger partial charge in [0.25, 0.3) is 0 Å². The minimum atomic E-state index is -0.146. The molecule has 0 aliphatic heterocycles. The molecule has 0 heterocycles. The molecule has 0 aromatic heterocycles. The molecule has 0 atom stereocenters. The van der Waals surface area contributed by atoms with E-state index < -0.39 is 0 Å². The second kappa shape index (κ2) is 8.18. The molecule has 22 heavy (non-hydrogen) atoms. The molecule has 0 fully saturated rings. The number of nitrogens with one attached hydrogen (secondary N) is 2. The first kappa shape index (κ1) is 18.5. The Hall–Kier alpha value is -1.55. The highest BCUT2D eigenvalue weighted by atomic mass is 16.3. The van der Waals surface area contributed by atoms with Gasteiger partial charge in [-0.3, -0.25) is 0 Å². The van der Waals surface area contributed by atoms with E-state index in [1.54, 1.807) is 0 Å². The van der Waals surface area contributed by atoms with Crippen LogP contribution in [-0.2, 0) is 6.42 Å². The van der Waals surface area contributed by atoms with Gasteiger partial charge in [-0.15, -0.1) is 0 Å². The van der Waals surface area contributed by atoms with E-state index in [9.17, 15) is 4.79 Å². The predicted molar refractivity (Wildman–Crippen MR) is 90.8 cm³/mol. The molecule has 1 rings (SSSR count). The van der Waals surface area contributed by atoms with Crippen molar-refractivity contribution in [3.63, 3.8) is 0 Å². The maximum Gasteiger partial charge on any atom is 0.314 e. The second-order valence-electron chi connectivity index (χ2n) is 7.50. The average Bonchev–Trinajstić information content (AvgIpc) is 2.44. The summed E-state index contributed by atoms with van der Waals surface area (Å²) in [6.45, 7) is 9.67. The van der Waals surface area contributed by atoms with Crippen LogP contribution in [0.3, 0.4) is 0 Å². The first-order valence-electron chi connectivity index (χ1n) is 7.91. The first-order chi connectivity index (χ1) is 10.2. The van der Waals surface area contributed by atoms with Crippen molar-refractivity contribution in [2.75, 3.05) is 19.7 Å². The lowest BCUT2D eigenvalue weighted by atomic mass is 9.86. The van der Waals surface area contributed by atoms with Gasteiger partial charge >= 0.3 is 6.03 Å². The topological polar surface area (TPSA) is 61.4 Å². The normalized spacial score (nSPS) is 12.0. The Morgan fingerprint density at radius 2 is 1.55 bits per heavy atom. The summed E-state index contributed by atoms with van der Waals surface area (Å²) in [7, 11) is 0. The van der Waals surface area contributed by atoms with Crippen LogP contribution in [0.5, 0.6) is 0 Å². The molecule has 0 bridgehead atoms. The third-order valence-corrected chi connectivity index (χ3v) is 3.77. The van der Waals surface area contributed by atoms with Gasteiger partial charge in [-0.2, -0.15) is 0 Å². The van der Waals surface area contributed by atoms with Gasteiger partial charge in [-0.1, -0.05) is 58.0 Å². The lowest BCUT2D eigenvalue weighted by molar-refractivity contribution is 0.199. The minimum absolute atomic E-state index is 0.000685. The van der Waals surface area contributed by atoms with Crippen molar-refractivity contribution in [2.45, 2.75) is 40.5 Å². The molecule has 1 aromatic carbocycles. The van der Waals surface area contributed by atoms with Crippen molar-refractivity contribution >= 4 is 6.03 Å². The number of aliphatic hydroxyl groups excluding tert-OH is 1. The maximum atomic E-state index is 11.9. The molecular formula is C18H30N2O2. The third-order valence-electron chi connectivity index (χ3n) is 3.77. The molecule has 0 unspecified atom stereocenters. The van der Waals surface area contributed by atoms with Crippen molar-refractivity contribution in [3.8, 4) is 0 Å². The van der Waals surface area contributed by atoms with Gasteiger partial charge < -0.3 is 15.7 Å². The van der Waals surface area contributed by atoms with Gasteiger partial charge in [0.15, 0.2) is 0 Å². The fraction of sp³-hybridized carbons (Fsp3) is 0.611. The molecule has 4 nitrogen and oxygen atoms in total. The zero-order valence-corrected chi connectivity index (χ0v) is 14.3. The van der Waals surface area contributed by atoms with Gasteiger partial charge in [-0.05, 0) is 29.2 Å². The average molecular weight is 306 g/mol. The number of hydrogen-bond acceptors (Lipinski definition) is 2. The molecule has 1 aromatic rings. The summed E-state index contributed by atoms with van der Waals surface area (Å²) in [5.41, 5.74) is 1.18. The van der Waals surface area contributed by atoms with Gasteiger partial charge in [0.05, 0.1) is 0 Å². The van der Waals surface area contributed by atoms with Crippen LogP contribution in [0.15, 0.2) is 30.3 Å². The summed E-state index contributed by atoms with van der Waals surface area (Å²) in [6, 6.07) is 10.2. The minimum Gasteiger partial charge on any atom is -0.396 e. The molecule has 3 N–H and O–H groups in total. The first-order valence-corrected chi connectivity index (χ1v) is 7.91. The number of rotatable bonds is 8. The smallest absolute Gasteiger partial charge is 0.314 e. The quantitative estimate of drug-likeness (QED) is 0.691.